The average molecular weight is 382 g/mol. The van der Waals surface area contributed by atoms with E-state index in [1.807, 2.05) is 32.0 Å². The number of nitrogens with zero attached hydrogens (tertiary/aromatic N) is 2. The van der Waals surface area contributed by atoms with E-state index < -0.39 is 0 Å². The lowest BCUT2D eigenvalue weighted by atomic mass is 10.1. The van der Waals surface area contributed by atoms with Crippen LogP contribution in [0.1, 0.15) is 32.0 Å². The summed E-state index contributed by atoms with van der Waals surface area (Å²) < 4.78 is 5.31. The number of hydrogen-bond donors (Lipinski definition) is 2. The lowest BCUT2D eigenvalue weighted by Crippen LogP contribution is -2.41. The maximum absolute atomic E-state index is 12.6. The van der Waals surface area contributed by atoms with Gasteiger partial charge < -0.3 is 15.4 Å². The molecule has 0 atom stereocenters. The summed E-state index contributed by atoms with van der Waals surface area (Å²) in [5, 5.41) is 5.77. The first kappa shape index (κ1) is 20.0. The van der Waals surface area contributed by atoms with E-state index in [0.717, 1.165) is 49.7 Å². The van der Waals surface area contributed by atoms with Crippen molar-refractivity contribution >= 4 is 17.5 Å². The van der Waals surface area contributed by atoms with Gasteiger partial charge in [-0.15, -0.1) is 0 Å². The van der Waals surface area contributed by atoms with Gasteiger partial charge in [0.2, 0.25) is 0 Å². The van der Waals surface area contributed by atoms with Gasteiger partial charge >= 0.3 is 0 Å². The molecule has 0 unspecified atom stereocenters. The number of morpholine rings is 1. The molecule has 2 amide bonds. The number of rotatable bonds is 6. The molecule has 1 aliphatic rings. The molecule has 1 fully saturated rings. The molecule has 148 valence electrons. The van der Waals surface area contributed by atoms with Crippen LogP contribution < -0.4 is 10.6 Å². The third-order valence-corrected chi connectivity index (χ3v) is 4.92. The molecule has 1 aromatic carbocycles. The highest BCUT2D eigenvalue weighted by Gasteiger charge is 2.14. The van der Waals surface area contributed by atoms with Crippen molar-refractivity contribution in [2.45, 2.75) is 13.8 Å². The maximum Gasteiger partial charge on any atom is 0.269 e. The number of anilines is 1. The van der Waals surface area contributed by atoms with E-state index in [0.29, 0.717) is 12.1 Å². The van der Waals surface area contributed by atoms with Crippen molar-refractivity contribution in [3.05, 3.63) is 58.9 Å². The molecule has 0 bridgehead atoms. The van der Waals surface area contributed by atoms with Crippen LogP contribution in [0, 0.1) is 13.8 Å². The number of carbonyl (C=O) groups excluding carboxylic acids is 2. The van der Waals surface area contributed by atoms with Crippen molar-refractivity contribution in [3.8, 4) is 0 Å². The van der Waals surface area contributed by atoms with Crippen LogP contribution in [0.2, 0.25) is 0 Å². The zero-order valence-corrected chi connectivity index (χ0v) is 16.3. The molecule has 0 aliphatic carbocycles. The summed E-state index contributed by atoms with van der Waals surface area (Å²) in [6.45, 7) is 8.47. The molecule has 2 aromatic rings. The number of amides is 2. The second-order valence-electron chi connectivity index (χ2n) is 6.84. The minimum Gasteiger partial charge on any atom is -0.379 e. The lowest BCUT2D eigenvalue weighted by Gasteiger charge is -2.26. The summed E-state index contributed by atoms with van der Waals surface area (Å²) in [4.78, 5) is 31.3. The van der Waals surface area contributed by atoms with E-state index in [4.69, 9.17) is 4.74 Å². The Morgan fingerprint density at radius 3 is 2.71 bits per heavy atom. The summed E-state index contributed by atoms with van der Waals surface area (Å²) in [5.41, 5.74) is 3.52. The SMILES string of the molecule is Cc1cccc(NC(=O)c2ccnc(C(=O)NCCN3CCOCC3)c2)c1C. The van der Waals surface area contributed by atoms with Gasteiger partial charge in [-0.05, 0) is 43.2 Å². The topological polar surface area (TPSA) is 83.6 Å². The largest absolute Gasteiger partial charge is 0.379 e. The van der Waals surface area contributed by atoms with E-state index in [-0.39, 0.29) is 17.5 Å². The maximum atomic E-state index is 12.6. The number of benzene rings is 1. The first-order chi connectivity index (χ1) is 13.5. The van der Waals surface area contributed by atoms with Crippen molar-refractivity contribution in [2.75, 3.05) is 44.7 Å². The second kappa shape index (κ2) is 9.43. The Morgan fingerprint density at radius 2 is 1.93 bits per heavy atom. The highest BCUT2D eigenvalue weighted by molar-refractivity contribution is 6.06. The van der Waals surface area contributed by atoms with Gasteiger partial charge in [0.05, 0.1) is 13.2 Å². The monoisotopic (exact) mass is 382 g/mol. The van der Waals surface area contributed by atoms with Gasteiger partial charge in [0.15, 0.2) is 0 Å². The van der Waals surface area contributed by atoms with Gasteiger partial charge in [0.25, 0.3) is 11.8 Å². The third kappa shape index (κ3) is 5.15. The first-order valence-electron chi connectivity index (χ1n) is 9.46. The van der Waals surface area contributed by atoms with Crippen LogP contribution in [-0.2, 0) is 4.74 Å². The summed E-state index contributed by atoms with van der Waals surface area (Å²) >= 11 is 0. The molecular formula is C21H26N4O3. The molecule has 1 aliphatic heterocycles. The first-order valence-corrected chi connectivity index (χ1v) is 9.46. The molecule has 1 saturated heterocycles. The van der Waals surface area contributed by atoms with Gasteiger partial charge in [-0.3, -0.25) is 19.5 Å². The zero-order valence-electron chi connectivity index (χ0n) is 16.3. The molecule has 0 radical (unpaired) electrons. The van der Waals surface area contributed by atoms with Gasteiger partial charge in [-0.2, -0.15) is 0 Å². The Kier molecular flexibility index (Phi) is 6.73. The Hall–Kier alpha value is -2.77. The van der Waals surface area contributed by atoms with E-state index in [9.17, 15) is 9.59 Å². The van der Waals surface area contributed by atoms with Crippen LogP contribution in [0.3, 0.4) is 0 Å². The van der Waals surface area contributed by atoms with Crippen molar-refractivity contribution in [2.24, 2.45) is 0 Å². The molecule has 1 aromatic heterocycles. The molecule has 0 spiro atoms. The molecule has 0 saturated carbocycles. The molecule has 3 rings (SSSR count). The van der Waals surface area contributed by atoms with Crippen molar-refractivity contribution in [3.63, 3.8) is 0 Å². The van der Waals surface area contributed by atoms with Gasteiger partial charge in [0, 0.05) is 43.6 Å². The Morgan fingerprint density at radius 1 is 1.14 bits per heavy atom. The number of pyridine rings is 1. The van der Waals surface area contributed by atoms with Crippen molar-refractivity contribution in [1.29, 1.82) is 0 Å². The molecule has 28 heavy (non-hydrogen) atoms. The predicted molar refractivity (Wildman–Crippen MR) is 108 cm³/mol. The molecule has 7 heteroatoms. The lowest BCUT2D eigenvalue weighted by molar-refractivity contribution is 0.0383. The molecule has 2 N–H and O–H groups in total. The number of aromatic nitrogens is 1. The zero-order chi connectivity index (χ0) is 19.9. The second-order valence-corrected chi connectivity index (χ2v) is 6.84. The highest BCUT2D eigenvalue weighted by atomic mass is 16.5. The van der Waals surface area contributed by atoms with Gasteiger partial charge in [-0.1, -0.05) is 12.1 Å². The molecule has 7 nitrogen and oxygen atoms in total. The number of ether oxygens (including phenoxy) is 1. The fourth-order valence-corrected chi connectivity index (χ4v) is 3.02. The number of aryl methyl sites for hydroxylation is 1. The van der Waals surface area contributed by atoms with Gasteiger partial charge in [-0.25, -0.2) is 0 Å². The Bertz CT molecular complexity index is 847. The number of hydrogen-bond acceptors (Lipinski definition) is 5. The molecule has 2 heterocycles. The summed E-state index contributed by atoms with van der Waals surface area (Å²) in [6, 6.07) is 8.88. The minimum atomic E-state index is -0.283. The van der Waals surface area contributed by atoms with E-state index >= 15 is 0 Å². The van der Waals surface area contributed by atoms with Crippen LogP contribution >= 0.6 is 0 Å². The number of carbonyl (C=O) groups is 2. The molecular weight excluding hydrogens is 356 g/mol. The summed E-state index contributed by atoms with van der Waals surface area (Å²) in [6.07, 6.45) is 1.48. The summed E-state index contributed by atoms with van der Waals surface area (Å²) in [7, 11) is 0. The normalized spacial score (nSPS) is 14.5. The minimum absolute atomic E-state index is 0.232. The van der Waals surface area contributed by atoms with E-state index in [1.165, 1.54) is 12.3 Å². The fourth-order valence-electron chi connectivity index (χ4n) is 3.02. The van der Waals surface area contributed by atoms with Gasteiger partial charge in [0.1, 0.15) is 5.69 Å². The van der Waals surface area contributed by atoms with E-state index in [2.05, 4.69) is 20.5 Å². The standard InChI is InChI=1S/C21H26N4O3/c1-15-4-3-5-18(16(15)2)24-20(26)17-6-7-22-19(14-17)21(27)23-8-9-25-10-12-28-13-11-25/h3-7,14H,8-13H2,1-2H3,(H,23,27)(H,24,26). The van der Waals surface area contributed by atoms with Crippen LogP contribution in [0.15, 0.2) is 36.5 Å². The highest BCUT2D eigenvalue weighted by Crippen LogP contribution is 2.19. The Labute approximate surface area is 165 Å². The summed E-state index contributed by atoms with van der Waals surface area (Å²) in [5.74, 6) is -0.548. The van der Waals surface area contributed by atoms with Crippen LogP contribution in [-0.4, -0.2) is 61.1 Å². The quantitative estimate of drug-likeness (QED) is 0.799. The third-order valence-electron chi connectivity index (χ3n) is 4.92. The van der Waals surface area contributed by atoms with Crippen LogP contribution in [0.25, 0.3) is 0 Å². The Balaban J connectivity index is 1.58. The van der Waals surface area contributed by atoms with Crippen molar-refractivity contribution in [1.82, 2.24) is 15.2 Å². The van der Waals surface area contributed by atoms with Crippen LogP contribution in [0.5, 0.6) is 0 Å². The predicted octanol–water partition coefficient (Wildman–Crippen LogP) is 2.01. The van der Waals surface area contributed by atoms with Crippen molar-refractivity contribution < 1.29 is 14.3 Å². The van der Waals surface area contributed by atoms with Crippen LogP contribution in [0.4, 0.5) is 5.69 Å². The average Bonchev–Trinajstić information content (AvgIpc) is 2.72. The number of nitrogens with one attached hydrogen (secondary N) is 2. The smallest absolute Gasteiger partial charge is 0.269 e. The van der Waals surface area contributed by atoms with E-state index in [1.54, 1.807) is 6.07 Å². The fraction of sp³-hybridized carbons (Fsp3) is 0.381.